The molecule has 0 spiro atoms. The zero-order valence-electron chi connectivity index (χ0n) is 11.9. The summed E-state index contributed by atoms with van der Waals surface area (Å²) in [7, 11) is 0. The van der Waals surface area contributed by atoms with Crippen molar-refractivity contribution < 1.29 is 5.11 Å². The van der Waals surface area contributed by atoms with Crippen LogP contribution in [0.4, 0.5) is 5.69 Å². The Bertz CT molecular complexity index is 615. The van der Waals surface area contributed by atoms with Crippen molar-refractivity contribution in [3.8, 4) is 0 Å². The van der Waals surface area contributed by atoms with Crippen LogP contribution in [0.15, 0.2) is 42.5 Å². The predicted molar refractivity (Wildman–Crippen MR) is 89.9 cm³/mol. The zero-order chi connectivity index (χ0) is 15.4. The van der Waals surface area contributed by atoms with Crippen LogP contribution in [0.2, 0.25) is 10.0 Å². The Kier molecular flexibility index (Phi) is 5.51. The average molecular weight is 324 g/mol. The van der Waals surface area contributed by atoms with Crippen molar-refractivity contribution in [2.75, 3.05) is 5.73 Å². The topological polar surface area (TPSA) is 46.2 Å². The van der Waals surface area contributed by atoms with E-state index >= 15 is 0 Å². The maximum atomic E-state index is 10.7. The van der Waals surface area contributed by atoms with Crippen molar-refractivity contribution in [2.45, 2.75) is 31.8 Å². The summed E-state index contributed by atoms with van der Waals surface area (Å²) in [4.78, 5) is 0. The highest BCUT2D eigenvalue weighted by Crippen LogP contribution is 2.37. The van der Waals surface area contributed by atoms with Gasteiger partial charge in [-0.2, -0.15) is 0 Å². The highest BCUT2D eigenvalue weighted by molar-refractivity contribution is 6.42. The number of halogens is 2. The van der Waals surface area contributed by atoms with Crippen molar-refractivity contribution in [3.63, 3.8) is 0 Å². The standard InChI is InChI=1S/C17H19Cl2NO/c1-2-4-14(11-7-8-15(18)16(19)10-11)17(21)12-5-3-6-13(20)9-12/h3,5-10,14,17,21H,2,4,20H2,1H3/t14-,17-/m1/s1. The largest absolute Gasteiger partial charge is 0.399 e. The second kappa shape index (κ2) is 7.17. The van der Waals surface area contributed by atoms with Crippen LogP contribution in [0.25, 0.3) is 0 Å². The van der Waals surface area contributed by atoms with Gasteiger partial charge in [-0.3, -0.25) is 0 Å². The van der Waals surface area contributed by atoms with Crippen molar-refractivity contribution in [1.82, 2.24) is 0 Å². The molecule has 4 heteroatoms. The molecular formula is C17H19Cl2NO. The normalized spacial score (nSPS) is 13.9. The number of aliphatic hydroxyl groups is 1. The number of benzene rings is 2. The molecule has 0 heterocycles. The third-order valence-electron chi connectivity index (χ3n) is 3.60. The molecule has 0 radical (unpaired) electrons. The smallest absolute Gasteiger partial charge is 0.0859 e. The first-order valence-corrected chi connectivity index (χ1v) is 7.77. The zero-order valence-corrected chi connectivity index (χ0v) is 13.4. The molecule has 2 aromatic carbocycles. The first-order valence-electron chi connectivity index (χ1n) is 7.01. The molecule has 0 bridgehead atoms. The fraction of sp³-hybridized carbons (Fsp3) is 0.294. The average Bonchev–Trinajstić information content (AvgIpc) is 2.47. The first kappa shape index (κ1) is 16.2. The van der Waals surface area contributed by atoms with Gasteiger partial charge in [-0.15, -0.1) is 0 Å². The maximum absolute atomic E-state index is 10.7. The monoisotopic (exact) mass is 323 g/mol. The second-order valence-electron chi connectivity index (χ2n) is 5.18. The lowest BCUT2D eigenvalue weighted by molar-refractivity contribution is 0.140. The SMILES string of the molecule is CCC[C@H](c1ccc(Cl)c(Cl)c1)[C@H](O)c1cccc(N)c1. The van der Waals surface area contributed by atoms with Gasteiger partial charge in [0.25, 0.3) is 0 Å². The number of anilines is 1. The van der Waals surface area contributed by atoms with E-state index in [0.29, 0.717) is 15.7 Å². The molecule has 0 aromatic heterocycles. The molecule has 0 aliphatic carbocycles. The molecule has 0 aliphatic rings. The van der Waals surface area contributed by atoms with E-state index in [1.165, 1.54) is 0 Å². The summed E-state index contributed by atoms with van der Waals surface area (Å²) in [5.41, 5.74) is 8.26. The van der Waals surface area contributed by atoms with Crippen molar-refractivity contribution in [3.05, 3.63) is 63.6 Å². The van der Waals surface area contributed by atoms with Crippen molar-refractivity contribution in [2.24, 2.45) is 0 Å². The third kappa shape index (κ3) is 3.91. The number of aliphatic hydroxyl groups excluding tert-OH is 1. The fourth-order valence-electron chi connectivity index (χ4n) is 2.54. The van der Waals surface area contributed by atoms with Crippen LogP contribution >= 0.6 is 23.2 Å². The van der Waals surface area contributed by atoms with Gasteiger partial charge in [-0.05, 0) is 41.8 Å². The lowest BCUT2D eigenvalue weighted by Crippen LogP contribution is -2.11. The summed E-state index contributed by atoms with van der Waals surface area (Å²) in [6.45, 7) is 2.09. The molecule has 0 aliphatic heterocycles. The molecule has 21 heavy (non-hydrogen) atoms. The van der Waals surface area contributed by atoms with E-state index in [2.05, 4.69) is 6.92 Å². The third-order valence-corrected chi connectivity index (χ3v) is 4.34. The highest BCUT2D eigenvalue weighted by atomic mass is 35.5. The minimum atomic E-state index is -0.620. The first-order chi connectivity index (χ1) is 10.0. The summed E-state index contributed by atoms with van der Waals surface area (Å²) in [6, 6.07) is 12.9. The lowest BCUT2D eigenvalue weighted by Gasteiger charge is -2.24. The molecule has 2 nitrogen and oxygen atoms in total. The van der Waals surface area contributed by atoms with Gasteiger partial charge in [-0.25, -0.2) is 0 Å². The highest BCUT2D eigenvalue weighted by Gasteiger charge is 2.22. The van der Waals surface area contributed by atoms with Gasteiger partial charge < -0.3 is 10.8 Å². The molecule has 3 N–H and O–H groups in total. The lowest BCUT2D eigenvalue weighted by atomic mass is 9.86. The minimum Gasteiger partial charge on any atom is -0.399 e. The predicted octanol–water partition coefficient (Wildman–Crippen LogP) is 5.19. The fourth-order valence-corrected chi connectivity index (χ4v) is 2.84. The number of nitrogens with two attached hydrogens (primary N) is 1. The van der Waals surface area contributed by atoms with E-state index in [9.17, 15) is 5.11 Å². The van der Waals surface area contributed by atoms with Gasteiger partial charge in [0.2, 0.25) is 0 Å². The van der Waals surface area contributed by atoms with Crippen LogP contribution < -0.4 is 5.73 Å². The maximum Gasteiger partial charge on any atom is 0.0859 e. The molecule has 0 fully saturated rings. The van der Waals surface area contributed by atoms with Crippen molar-refractivity contribution in [1.29, 1.82) is 0 Å². The van der Waals surface area contributed by atoms with E-state index in [0.717, 1.165) is 24.0 Å². The summed E-state index contributed by atoms with van der Waals surface area (Å²) >= 11 is 12.1. The van der Waals surface area contributed by atoms with Crippen molar-refractivity contribution >= 4 is 28.9 Å². The molecule has 2 rings (SSSR count). The molecule has 0 amide bonds. The Balaban J connectivity index is 2.35. The molecule has 2 atom stereocenters. The van der Waals surface area contributed by atoms with E-state index in [1.54, 1.807) is 6.07 Å². The number of rotatable bonds is 5. The molecule has 0 saturated heterocycles. The van der Waals surface area contributed by atoms with Crippen LogP contribution in [0, 0.1) is 0 Å². The van der Waals surface area contributed by atoms with Gasteiger partial charge in [0.15, 0.2) is 0 Å². The van der Waals surface area contributed by atoms with Gasteiger partial charge in [-0.1, -0.05) is 54.7 Å². The van der Waals surface area contributed by atoms with Crippen LogP contribution in [-0.4, -0.2) is 5.11 Å². The van der Waals surface area contributed by atoms with Crippen LogP contribution in [0.5, 0.6) is 0 Å². The van der Waals surface area contributed by atoms with Gasteiger partial charge in [0, 0.05) is 11.6 Å². The number of nitrogen functional groups attached to an aromatic ring is 1. The van der Waals surface area contributed by atoms with Gasteiger partial charge >= 0.3 is 0 Å². The Morgan fingerprint density at radius 3 is 2.43 bits per heavy atom. The number of hydrogen-bond donors (Lipinski definition) is 2. The molecule has 0 saturated carbocycles. The Hall–Kier alpha value is -1.22. The van der Waals surface area contributed by atoms with E-state index < -0.39 is 6.10 Å². The quantitative estimate of drug-likeness (QED) is 0.743. The summed E-state index contributed by atoms with van der Waals surface area (Å²) in [6.07, 6.45) is 1.20. The Morgan fingerprint density at radius 1 is 1.05 bits per heavy atom. The van der Waals surface area contributed by atoms with E-state index in [-0.39, 0.29) is 5.92 Å². The van der Waals surface area contributed by atoms with E-state index in [4.69, 9.17) is 28.9 Å². The molecule has 2 aromatic rings. The van der Waals surface area contributed by atoms with Crippen LogP contribution in [0.3, 0.4) is 0 Å². The number of hydrogen-bond acceptors (Lipinski definition) is 2. The summed E-state index contributed by atoms with van der Waals surface area (Å²) in [5.74, 6) is -0.0356. The summed E-state index contributed by atoms with van der Waals surface area (Å²) in [5, 5.41) is 11.7. The molecular weight excluding hydrogens is 305 g/mol. The Labute approximate surface area is 135 Å². The summed E-state index contributed by atoms with van der Waals surface area (Å²) < 4.78 is 0. The van der Waals surface area contributed by atoms with E-state index in [1.807, 2.05) is 36.4 Å². The van der Waals surface area contributed by atoms with Gasteiger partial charge in [0.05, 0.1) is 16.1 Å². The van der Waals surface area contributed by atoms with Crippen LogP contribution in [-0.2, 0) is 0 Å². The van der Waals surface area contributed by atoms with Crippen LogP contribution in [0.1, 0.15) is 42.9 Å². The Morgan fingerprint density at radius 2 is 1.81 bits per heavy atom. The van der Waals surface area contributed by atoms with Gasteiger partial charge in [0.1, 0.15) is 0 Å². The second-order valence-corrected chi connectivity index (χ2v) is 6.00. The molecule has 112 valence electrons. The molecule has 0 unspecified atom stereocenters. The minimum absolute atomic E-state index is 0.0356.